The Bertz CT molecular complexity index is 305. The summed E-state index contributed by atoms with van der Waals surface area (Å²) in [6.07, 6.45) is 6.65. The highest BCUT2D eigenvalue weighted by atomic mass is 16.1. The molecule has 2 saturated carbocycles. The fraction of sp³-hybridized carbons (Fsp3) is 0.929. The van der Waals surface area contributed by atoms with Gasteiger partial charge in [-0.15, -0.1) is 0 Å². The summed E-state index contributed by atoms with van der Waals surface area (Å²) >= 11 is 0. The topological polar surface area (TPSA) is 41.1 Å². The highest BCUT2D eigenvalue weighted by Gasteiger charge is 2.39. The molecule has 0 aromatic rings. The molecule has 3 aliphatic rings. The van der Waals surface area contributed by atoms with Crippen molar-refractivity contribution in [2.24, 2.45) is 23.7 Å². The van der Waals surface area contributed by atoms with E-state index in [1.165, 1.54) is 25.7 Å². The summed E-state index contributed by atoms with van der Waals surface area (Å²) in [5.41, 5.74) is 0. The molecule has 1 aliphatic heterocycles. The van der Waals surface area contributed by atoms with Crippen molar-refractivity contribution in [2.45, 2.75) is 45.1 Å². The Morgan fingerprint density at radius 3 is 2.76 bits per heavy atom. The molecule has 3 nitrogen and oxygen atoms in total. The van der Waals surface area contributed by atoms with Gasteiger partial charge in [-0.05, 0) is 56.9 Å². The molecule has 3 rings (SSSR count). The second kappa shape index (κ2) is 4.60. The molecule has 1 saturated heterocycles. The largest absolute Gasteiger partial charge is 0.356 e. The minimum absolute atomic E-state index is 0.202. The molecule has 5 atom stereocenters. The first kappa shape index (κ1) is 11.5. The highest BCUT2D eigenvalue weighted by Crippen LogP contribution is 2.47. The molecule has 2 bridgehead atoms. The van der Waals surface area contributed by atoms with Crippen molar-refractivity contribution >= 4 is 5.91 Å². The van der Waals surface area contributed by atoms with Gasteiger partial charge in [-0.3, -0.25) is 4.79 Å². The molecule has 17 heavy (non-hydrogen) atoms. The summed E-state index contributed by atoms with van der Waals surface area (Å²) in [5.74, 6) is 3.16. The van der Waals surface area contributed by atoms with Crippen molar-refractivity contribution < 1.29 is 4.79 Å². The van der Waals surface area contributed by atoms with Gasteiger partial charge in [-0.1, -0.05) is 6.42 Å². The van der Waals surface area contributed by atoms with Gasteiger partial charge >= 0.3 is 0 Å². The van der Waals surface area contributed by atoms with E-state index in [4.69, 9.17) is 0 Å². The molecule has 0 radical (unpaired) electrons. The van der Waals surface area contributed by atoms with Gasteiger partial charge in [0.15, 0.2) is 0 Å². The summed E-state index contributed by atoms with van der Waals surface area (Å²) in [5, 5.41) is 6.55. The molecule has 3 heteroatoms. The van der Waals surface area contributed by atoms with Crippen LogP contribution in [0.3, 0.4) is 0 Å². The van der Waals surface area contributed by atoms with Crippen LogP contribution in [-0.4, -0.2) is 25.0 Å². The molecule has 0 aromatic heterocycles. The maximum Gasteiger partial charge on any atom is 0.224 e. The third-order valence-corrected chi connectivity index (χ3v) is 5.28. The van der Waals surface area contributed by atoms with Crippen molar-refractivity contribution in [3.8, 4) is 0 Å². The zero-order valence-corrected chi connectivity index (χ0v) is 10.7. The van der Waals surface area contributed by atoms with Crippen LogP contribution in [0.15, 0.2) is 0 Å². The van der Waals surface area contributed by atoms with Gasteiger partial charge in [0.25, 0.3) is 0 Å². The van der Waals surface area contributed by atoms with Gasteiger partial charge in [-0.2, -0.15) is 0 Å². The zero-order valence-electron chi connectivity index (χ0n) is 10.7. The molecule has 2 N–H and O–H groups in total. The number of carbonyl (C=O) groups is 1. The maximum absolute atomic E-state index is 12.1. The van der Waals surface area contributed by atoms with Crippen LogP contribution in [0.5, 0.6) is 0 Å². The number of amides is 1. The van der Waals surface area contributed by atoms with Crippen LogP contribution in [0.25, 0.3) is 0 Å². The summed E-state index contributed by atoms with van der Waals surface area (Å²) in [4.78, 5) is 12.1. The maximum atomic E-state index is 12.1. The Balaban J connectivity index is 1.46. The number of hydrogen-bond acceptors (Lipinski definition) is 2. The lowest BCUT2D eigenvalue weighted by Crippen LogP contribution is -2.39. The van der Waals surface area contributed by atoms with Crippen molar-refractivity contribution in [3.05, 3.63) is 0 Å². The molecule has 1 heterocycles. The van der Waals surface area contributed by atoms with Crippen LogP contribution >= 0.6 is 0 Å². The molecule has 3 fully saturated rings. The smallest absolute Gasteiger partial charge is 0.224 e. The van der Waals surface area contributed by atoms with Crippen molar-refractivity contribution in [2.75, 3.05) is 13.1 Å². The van der Waals surface area contributed by atoms with Gasteiger partial charge in [0.1, 0.15) is 0 Å². The average Bonchev–Trinajstić information content (AvgIpc) is 3.01. The zero-order chi connectivity index (χ0) is 11.8. The monoisotopic (exact) mass is 236 g/mol. The van der Waals surface area contributed by atoms with E-state index in [-0.39, 0.29) is 11.8 Å². The Morgan fingerprint density at radius 1 is 1.29 bits per heavy atom. The van der Waals surface area contributed by atoms with E-state index in [1.54, 1.807) is 0 Å². The van der Waals surface area contributed by atoms with E-state index in [2.05, 4.69) is 17.6 Å². The first-order chi connectivity index (χ1) is 8.24. The summed E-state index contributed by atoms with van der Waals surface area (Å²) in [7, 11) is 0. The lowest BCUT2D eigenvalue weighted by molar-refractivity contribution is -0.125. The standard InChI is InChI=1S/C14H24N2O/c1-9-13(4-5-15-9)14(17)16-8-12-7-10-2-3-11(12)6-10/h9-13,15H,2-8H2,1H3,(H,16,17). The van der Waals surface area contributed by atoms with Crippen LogP contribution in [0, 0.1) is 23.7 Å². The summed E-state index contributed by atoms with van der Waals surface area (Å²) in [6, 6.07) is 0.357. The first-order valence-electron chi connectivity index (χ1n) is 7.25. The SMILES string of the molecule is CC1NCCC1C(=O)NCC1CC2CCC1C2. The number of hydrogen-bond donors (Lipinski definition) is 2. The normalized spacial score (nSPS) is 44.2. The van der Waals surface area contributed by atoms with Crippen molar-refractivity contribution in [1.82, 2.24) is 10.6 Å². The van der Waals surface area contributed by atoms with Gasteiger partial charge in [0.2, 0.25) is 5.91 Å². The molecule has 2 aliphatic carbocycles. The number of fused-ring (bicyclic) bond motifs is 2. The first-order valence-corrected chi connectivity index (χ1v) is 7.25. The Morgan fingerprint density at radius 2 is 2.18 bits per heavy atom. The van der Waals surface area contributed by atoms with Crippen molar-refractivity contribution in [3.63, 3.8) is 0 Å². The lowest BCUT2D eigenvalue weighted by atomic mass is 9.88. The number of carbonyl (C=O) groups excluding carboxylic acids is 1. The van der Waals surface area contributed by atoms with E-state index in [1.807, 2.05) is 0 Å². The molecule has 5 unspecified atom stereocenters. The van der Waals surface area contributed by atoms with E-state index in [0.29, 0.717) is 6.04 Å². The van der Waals surface area contributed by atoms with Gasteiger partial charge in [0, 0.05) is 12.6 Å². The number of rotatable bonds is 3. The van der Waals surface area contributed by atoms with Gasteiger partial charge in [0.05, 0.1) is 5.92 Å². The predicted octanol–water partition coefficient (Wildman–Crippen LogP) is 1.54. The van der Waals surface area contributed by atoms with Crippen LogP contribution in [0.2, 0.25) is 0 Å². The minimum Gasteiger partial charge on any atom is -0.356 e. The molecule has 1 amide bonds. The molecule has 0 aromatic carbocycles. The fourth-order valence-electron chi connectivity index (χ4n) is 4.21. The molecule has 0 spiro atoms. The minimum atomic E-state index is 0.202. The van der Waals surface area contributed by atoms with E-state index < -0.39 is 0 Å². The number of nitrogens with one attached hydrogen (secondary N) is 2. The third-order valence-electron chi connectivity index (χ3n) is 5.28. The quantitative estimate of drug-likeness (QED) is 0.780. The Kier molecular flexibility index (Phi) is 3.12. The summed E-state index contributed by atoms with van der Waals surface area (Å²) < 4.78 is 0. The van der Waals surface area contributed by atoms with Gasteiger partial charge in [-0.25, -0.2) is 0 Å². The summed E-state index contributed by atoms with van der Waals surface area (Å²) in [6.45, 7) is 4.05. The predicted molar refractivity (Wildman–Crippen MR) is 67.5 cm³/mol. The molecular weight excluding hydrogens is 212 g/mol. The van der Waals surface area contributed by atoms with Crippen LogP contribution in [0.4, 0.5) is 0 Å². The Hall–Kier alpha value is -0.570. The second-order valence-corrected chi connectivity index (χ2v) is 6.32. The lowest BCUT2D eigenvalue weighted by Gasteiger charge is -2.23. The molecule has 96 valence electrons. The third kappa shape index (κ3) is 2.22. The average molecular weight is 236 g/mol. The van der Waals surface area contributed by atoms with Crippen LogP contribution in [0.1, 0.15) is 39.0 Å². The van der Waals surface area contributed by atoms with Crippen molar-refractivity contribution in [1.29, 1.82) is 0 Å². The van der Waals surface area contributed by atoms with E-state index >= 15 is 0 Å². The second-order valence-electron chi connectivity index (χ2n) is 6.32. The van der Waals surface area contributed by atoms with E-state index in [9.17, 15) is 4.79 Å². The van der Waals surface area contributed by atoms with Gasteiger partial charge < -0.3 is 10.6 Å². The highest BCUT2D eigenvalue weighted by molar-refractivity contribution is 5.79. The van der Waals surface area contributed by atoms with Crippen LogP contribution in [-0.2, 0) is 4.79 Å². The Labute approximate surface area is 104 Å². The van der Waals surface area contributed by atoms with Crippen LogP contribution < -0.4 is 10.6 Å². The van der Waals surface area contributed by atoms with E-state index in [0.717, 1.165) is 37.3 Å². The fourth-order valence-corrected chi connectivity index (χ4v) is 4.21. The molecular formula is C14H24N2O.